The van der Waals surface area contributed by atoms with E-state index < -0.39 is 0 Å². The van der Waals surface area contributed by atoms with Crippen LogP contribution in [0.3, 0.4) is 0 Å². The molecule has 0 N–H and O–H groups in total. The lowest BCUT2D eigenvalue weighted by atomic mass is 10.1. The van der Waals surface area contributed by atoms with Crippen LogP contribution in [-0.4, -0.2) is 51.8 Å². The van der Waals surface area contributed by atoms with Gasteiger partial charge in [-0.1, -0.05) is 11.6 Å². The normalized spacial score (nSPS) is 14.5. The fourth-order valence-electron chi connectivity index (χ4n) is 3.51. The molecule has 1 aliphatic rings. The molecule has 2 aromatic heterocycles. The second-order valence-electron chi connectivity index (χ2n) is 6.97. The number of fused-ring (bicyclic) bond motifs is 1. The van der Waals surface area contributed by atoms with Gasteiger partial charge in [-0.2, -0.15) is 5.10 Å². The van der Waals surface area contributed by atoms with E-state index in [1.807, 2.05) is 19.3 Å². The number of pyridine rings is 1. The van der Waals surface area contributed by atoms with E-state index in [2.05, 4.69) is 21.0 Å². The number of hydrogen-bond acceptors (Lipinski definition) is 5. The first-order valence-corrected chi connectivity index (χ1v) is 9.44. The lowest BCUT2D eigenvalue weighted by molar-refractivity contribution is 0.0740. The Hall–Kier alpha value is -2.93. The van der Waals surface area contributed by atoms with E-state index in [4.69, 9.17) is 11.6 Å². The number of hydrogen-bond donors (Lipinski definition) is 0. The van der Waals surface area contributed by atoms with Crippen molar-refractivity contribution in [1.82, 2.24) is 19.7 Å². The van der Waals surface area contributed by atoms with E-state index in [1.54, 1.807) is 30.1 Å². The first kappa shape index (κ1) is 18.4. The predicted octanol–water partition coefficient (Wildman–Crippen LogP) is 2.25. The summed E-state index contributed by atoms with van der Waals surface area (Å²) in [6.07, 6.45) is 3.67. The zero-order valence-electron chi connectivity index (χ0n) is 15.7. The maximum absolute atomic E-state index is 13.2. The van der Waals surface area contributed by atoms with Gasteiger partial charge in [-0.15, -0.1) is 0 Å². The molecule has 1 saturated heterocycles. The van der Waals surface area contributed by atoms with Crippen molar-refractivity contribution in [2.75, 3.05) is 31.1 Å². The molecule has 4 rings (SSSR count). The fourth-order valence-corrected chi connectivity index (χ4v) is 3.68. The molecule has 0 bridgehead atoms. The van der Waals surface area contributed by atoms with Gasteiger partial charge >= 0.3 is 0 Å². The van der Waals surface area contributed by atoms with Gasteiger partial charge in [-0.25, -0.2) is 4.68 Å². The van der Waals surface area contributed by atoms with Gasteiger partial charge in [0.15, 0.2) is 5.69 Å². The Labute approximate surface area is 167 Å². The summed E-state index contributed by atoms with van der Waals surface area (Å²) in [6, 6.07) is 7.01. The van der Waals surface area contributed by atoms with Crippen molar-refractivity contribution in [3.63, 3.8) is 0 Å². The van der Waals surface area contributed by atoms with Crippen LogP contribution in [0.25, 0.3) is 10.8 Å². The number of rotatable bonds is 2. The number of benzene rings is 1. The SMILES string of the molecule is Cc1cncc(N2CCN(C(=O)c3nn(C)c(=O)c4ccc(Cl)cc34)CC2)c1. The van der Waals surface area contributed by atoms with Crippen LogP contribution >= 0.6 is 11.6 Å². The zero-order chi connectivity index (χ0) is 19.8. The van der Waals surface area contributed by atoms with Crippen LogP contribution in [0.2, 0.25) is 5.02 Å². The Bertz CT molecular complexity index is 1120. The second kappa shape index (κ2) is 7.24. The molecule has 0 unspecified atom stereocenters. The Balaban J connectivity index is 1.60. The van der Waals surface area contributed by atoms with E-state index in [9.17, 15) is 9.59 Å². The van der Waals surface area contributed by atoms with Crippen LogP contribution in [0.1, 0.15) is 16.1 Å². The average molecular weight is 398 g/mol. The van der Waals surface area contributed by atoms with Gasteiger partial charge in [0, 0.05) is 49.8 Å². The molecule has 7 nitrogen and oxygen atoms in total. The summed E-state index contributed by atoms with van der Waals surface area (Å²) in [5, 5.41) is 5.63. The predicted molar refractivity (Wildman–Crippen MR) is 109 cm³/mol. The largest absolute Gasteiger partial charge is 0.367 e. The number of amides is 1. The summed E-state index contributed by atoms with van der Waals surface area (Å²) in [6.45, 7) is 4.57. The maximum atomic E-state index is 13.2. The highest BCUT2D eigenvalue weighted by Gasteiger charge is 2.26. The van der Waals surface area contributed by atoms with E-state index in [0.717, 1.165) is 11.3 Å². The first-order valence-electron chi connectivity index (χ1n) is 9.06. The van der Waals surface area contributed by atoms with Crippen LogP contribution in [0.15, 0.2) is 41.5 Å². The van der Waals surface area contributed by atoms with Gasteiger partial charge in [0.05, 0.1) is 17.3 Å². The number of carbonyl (C=O) groups is 1. The van der Waals surface area contributed by atoms with E-state index >= 15 is 0 Å². The maximum Gasteiger partial charge on any atom is 0.275 e. The molecule has 1 aromatic carbocycles. The van der Waals surface area contributed by atoms with E-state index in [0.29, 0.717) is 42.0 Å². The van der Waals surface area contributed by atoms with Crippen LogP contribution in [-0.2, 0) is 7.05 Å². The molecule has 3 aromatic rings. The lowest BCUT2D eigenvalue weighted by Crippen LogP contribution is -2.49. The van der Waals surface area contributed by atoms with Crippen molar-refractivity contribution in [2.45, 2.75) is 6.92 Å². The van der Waals surface area contributed by atoms with Gasteiger partial charge in [-0.05, 0) is 36.8 Å². The number of anilines is 1. The average Bonchev–Trinajstić information content (AvgIpc) is 2.70. The minimum Gasteiger partial charge on any atom is -0.367 e. The standard InChI is InChI=1S/C20H20ClN5O2/c1-13-9-15(12-22-11-13)25-5-7-26(8-6-25)20(28)18-17-10-14(21)3-4-16(17)19(27)24(2)23-18/h3-4,9-12H,5-8H2,1-2H3. The topological polar surface area (TPSA) is 71.3 Å². The molecule has 1 aliphatic heterocycles. The smallest absolute Gasteiger partial charge is 0.275 e. The minimum absolute atomic E-state index is 0.190. The van der Waals surface area contributed by atoms with Crippen molar-refractivity contribution >= 4 is 34.0 Å². The summed E-state index contributed by atoms with van der Waals surface area (Å²) in [5.74, 6) is -0.190. The summed E-state index contributed by atoms with van der Waals surface area (Å²) in [4.78, 5) is 33.7. The summed E-state index contributed by atoms with van der Waals surface area (Å²) >= 11 is 6.10. The fraction of sp³-hybridized carbons (Fsp3) is 0.300. The summed E-state index contributed by atoms with van der Waals surface area (Å²) in [7, 11) is 1.55. The molecular weight excluding hydrogens is 378 g/mol. The number of halogens is 1. The Morgan fingerprint density at radius 2 is 1.82 bits per heavy atom. The van der Waals surface area contributed by atoms with Crippen molar-refractivity contribution in [3.05, 3.63) is 63.3 Å². The number of aryl methyl sites for hydroxylation is 2. The molecule has 0 aliphatic carbocycles. The number of piperazine rings is 1. The molecule has 0 saturated carbocycles. The van der Waals surface area contributed by atoms with Crippen molar-refractivity contribution in [3.8, 4) is 0 Å². The van der Waals surface area contributed by atoms with Crippen LogP contribution in [0.4, 0.5) is 5.69 Å². The number of carbonyl (C=O) groups excluding carboxylic acids is 1. The van der Waals surface area contributed by atoms with Crippen LogP contribution < -0.4 is 10.5 Å². The first-order chi connectivity index (χ1) is 13.4. The highest BCUT2D eigenvalue weighted by molar-refractivity contribution is 6.31. The third-order valence-electron chi connectivity index (χ3n) is 5.01. The Kier molecular flexibility index (Phi) is 4.77. The quantitative estimate of drug-likeness (QED) is 0.663. The highest BCUT2D eigenvalue weighted by atomic mass is 35.5. The molecule has 1 fully saturated rings. The van der Waals surface area contributed by atoms with Crippen molar-refractivity contribution in [1.29, 1.82) is 0 Å². The van der Waals surface area contributed by atoms with Crippen LogP contribution in [0, 0.1) is 6.92 Å². The molecule has 8 heteroatoms. The molecule has 0 spiro atoms. The van der Waals surface area contributed by atoms with Gasteiger partial charge < -0.3 is 9.80 Å². The zero-order valence-corrected chi connectivity index (χ0v) is 16.5. The second-order valence-corrected chi connectivity index (χ2v) is 7.40. The lowest BCUT2D eigenvalue weighted by Gasteiger charge is -2.36. The summed E-state index contributed by atoms with van der Waals surface area (Å²) in [5.41, 5.74) is 2.17. The van der Waals surface area contributed by atoms with Gasteiger partial charge in [0.1, 0.15) is 0 Å². The molecule has 144 valence electrons. The molecule has 0 radical (unpaired) electrons. The number of nitrogens with zero attached hydrogens (tertiary/aromatic N) is 5. The van der Waals surface area contributed by atoms with Crippen LogP contribution in [0.5, 0.6) is 0 Å². The van der Waals surface area contributed by atoms with Crippen molar-refractivity contribution in [2.24, 2.45) is 7.05 Å². The van der Waals surface area contributed by atoms with E-state index in [1.165, 1.54) is 4.68 Å². The monoisotopic (exact) mass is 397 g/mol. The van der Waals surface area contributed by atoms with Gasteiger partial charge in [-0.3, -0.25) is 14.6 Å². The molecular formula is C20H20ClN5O2. The molecule has 28 heavy (non-hydrogen) atoms. The molecule has 3 heterocycles. The molecule has 1 amide bonds. The van der Waals surface area contributed by atoms with Gasteiger partial charge in [0.2, 0.25) is 0 Å². The van der Waals surface area contributed by atoms with Crippen molar-refractivity contribution < 1.29 is 4.79 Å². The third kappa shape index (κ3) is 3.33. The molecule has 0 atom stereocenters. The van der Waals surface area contributed by atoms with Gasteiger partial charge in [0.25, 0.3) is 11.5 Å². The van der Waals surface area contributed by atoms with E-state index in [-0.39, 0.29) is 17.2 Å². The Morgan fingerprint density at radius 3 is 2.54 bits per heavy atom. The highest BCUT2D eigenvalue weighted by Crippen LogP contribution is 2.22. The summed E-state index contributed by atoms with van der Waals surface area (Å²) < 4.78 is 1.21. The minimum atomic E-state index is -0.250. The third-order valence-corrected chi connectivity index (χ3v) is 5.24. The number of aromatic nitrogens is 3. The Morgan fingerprint density at radius 1 is 1.07 bits per heavy atom.